The highest BCUT2D eigenvalue weighted by Gasteiger charge is 2.08. The zero-order valence-corrected chi connectivity index (χ0v) is 9.00. The number of halogens is 1. The van der Waals surface area contributed by atoms with Crippen molar-refractivity contribution in [3.8, 4) is 5.75 Å². The SMILES string of the molecule is COc1ccc(F)cc1NC(=O)CCCO. The van der Waals surface area contributed by atoms with Crippen LogP contribution in [-0.4, -0.2) is 24.7 Å². The number of carbonyl (C=O) groups excluding carboxylic acids is 1. The average Bonchev–Trinajstić information content (AvgIpc) is 2.27. The summed E-state index contributed by atoms with van der Waals surface area (Å²) >= 11 is 0. The molecule has 0 spiro atoms. The Hall–Kier alpha value is -1.62. The van der Waals surface area contributed by atoms with E-state index < -0.39 is 5.82 Å². The summed E-state index contributed by atoms with van der Waals surface area (Å²) in [5, 5.41) is 11.1. The molecule has 0 aliphatic rings. The molecule has 1 aromatic carbocycles. The van der Waals surface area contributed by atoms with Gasteiger partial charge in [0, 0.05) is 19.1 Å². The molecular formula is C11H14FNO3. The van der Waals surface area contributed by atoms with Gasteiger partial charge in [-0.1, -0.05) is 0 Å². The monoisotopic (exact) mass is 227 g/mol. The van der Waals surface area contributed by atoms with Gasteiger partial charge in [0.05, 0.1) is 12.8 Å². The Bertz CT molecular complexity index is 368. The minimum atomic E-state index is -0.446. The first-order valence-corrected chi connectivity index (χ1v) is 4.91. The first kappa shape index (κ1) is 12.4. The summed E-state index contributed by atoms with van der Waals surface area (Å²) in [6.07, 6.45) is 0.569. The third-order valence-electron chi connectivity index (χ3n) is 2.00. The highest BCUT2D eigenvalue weighted by molar-refractivity contribution is 5.92. The number of aliphatic hydroxyl groups is 1. The van der Waals surface area contributed by atoms with E-state index >= 15 is 0 Å². The van der Waals surface area contributed by atoms with Crippen LogP contribution in [0.4, 0.5) is 10.1 Å². The molecule has 1 aromatic rings. The lowest BCUT2D eigenvalue weighted by atomic mass is 10.2. The van der Waals surface area contributed by atoms with Gasteiger partial charge in [0.1, 0.15) is 11.6 Å². The number of carbonyl (C=O) groups is 1. The van der Waals surface area contributed by atoms with Crippen molar-refractivity contribution in [2.24, 2.45) is 0 Å². The van der Waals surface area contributed by atoms with Crippen molar-refractivity contribution < 1.29 is 19.0 Å². The third kappa shape index (κ3) is 3.51. The molecule has 0 aromatic heterocycles. The number of anilines is 1. The largest absolute Gasteiger partial charge is 0.495 e. The number of rotatable bonds is 5. The van der Waals surface area contributed by atoms with Gasteiger partial charge in [0.2, 0.25) is 5.91 Å². The van der Waals surface area contributed by atoms with E-state index in [4.69, 9.17) is 9.84 Å². The predicted molar refractivity (Wildman–Crippen MR) is 57.9 cm³/mol. The summed E-state index contributed by atoms with van der Waals surface area (Å²) in [5.74, 6) is -0.324. The first-order valence-electron chi connectivity index (χ1n) is 4.91. The molecule has 0 fully saturated rings. The van der Waals surface area contributed by atoms with Gasteiger partial charge in [-0.15, -0.1) is 0 Å². The van der Waals surface area contributed by atoms with Crippen LogP contribution in [0.1, 0.15) is 12.8 Å². The van der Waals surface area contributed by atoms with Crippen molar-refractivity contribution in [1.82, 2.24) is 0 Å². The van der Waals surface area contributed by atoms with Gasteiger partial charge in [-0.05, 0) is 18.6 Å². The molecule has 0 aliphatic heterocycles. The van der Waals surface area contributed by atoms with E-state index in [1.54, 1.807) is 0 Å². The second-order valence-corrected chi connectivity index (χ2v) is 3.22. The third-order valence-corrected chi connectivity index (χ3v) is 2.00. The van der Waals surface area contributed by atoms with Gasteiger partial charge in [0.15, 0.2) is 0 Å². The number of methoxy groups -OCH3 is 1. The highest BCUT2D eigenvalue weighted by Crippen LogP contribution is 2.24. The predicted octanol–water partition coefficient (Wildman–Crippen LogP) is 1.55. The van der Waals surface area contributed by atoms with Gasteiger partial charge in [-0.25, -0.2) is 4.39 Å². The summed E-state index contributed by atoms with van der Waals surface area (Å²) in [7, 11) is 1.44. The Labute approximate surface area is 93.0 Å². The summed E-state index contributed by atoms with van der Waals surface area (Å²) in [5.41, 5.74) is 0.297. The number of amides is 1. The van der Waals surface area contributed by atoms with E-state index in [1.165, 1.54) is 25.3 Å². The second-order valence-electron chi connectivity index (χ2n) is 3.22. The molecule has 16 heavy (non-hydrogen) atoms. The highest BCUT2D eigenvalue weighted by atomic mass is 19.1. The van der Waals surface area contributed by atoms with Crippen LogP contribution in [0.15, 0.2) is 18.2 Å². The molecule has 0 unspecified atom stereocenters. The van der Waals surface area contributed by atoms with E-state index in [1.807, 2.05) is 0 Å². The maximum atomic E-state index is 12.9. The Morgan fingerprint density at radius 3 is 2.94 bits per heavy atom. The molecule has 4 nitrogen and oxygen atoms in total. The summed E-state index contributed by atoms with van der Waals surface area (Å²) < 4.78 is 17.9. The van der Waals surface area contributed by atoms with Crippen LogP contribution in [0.25, 0.3) is 0 Å². The molecule has 5 heteroatoms. The van der Waals surface area contributed by atoms with Crippen LogP contribution in [0.3, 0.4) is 0 Å². The van der Waals surface area contributed by atoms with Gasteiger partial charge in [-0.2, -0.15) is 0 Å². The molecule has 0 heterocycles. The fourth-order valence-corrected chi connectivity index (χ4v) is 1.23. The van der Waals surface area contributed by atoms with E-state index in [9.17, 15) is 9.18 Å². The van der Waals surface area contributed by atoms with E-state index in [2.05, 4.69) is 5.32 Å². The number of benzene rings is 1. The topological polar surface area (TPSA) is 58.6 Å². The summed E-state index contributed by atoms with van der Waals surface area (Å²) in [4.78, 5) is 11.4. The molecule has 0 saturated heterocycles. The zero-order valence-electron chi connectivity index (χ0n) is 9.00. The smallest absolute Gasteiger partial charge is 0.224 e. The van der Waals surface area contributed by atoms with Gasteiger partial charge in [-0.3, -0.25) is 4.79 Å². The lowest BCUT2D eigenvalue weighted by Crippen LogP contribution is -2.12. The molecule has 88 valence electrons. The number of hydrogen-bond donors (Lipinski definition) is 2. The van der Waals surface area contributed by atoms with Crippen LogP contribution in [0.2, 0.25) is 0 Å². The molecular weight excluding hydrogens is 213 g/mol. The standard InChI is InChI=1S/C11H14FNO3/c1-16-10-5-4-8(12)7-9(10)13-11(15)3-2-6-14/h4-5,7,14H,2-3,6H2,1H3,(H,13,15). The van der Waals surface area contributed by atoms with Crippen molar-refractivity contribution in [3.05, 3.63) is 24.0 Å². The summed E-state index contributed by atoms with van der Waals surface area (Å²) in [6.45, 7) is -0.0479. The van der Waals surface area contributed by atoms with E-state index in [0.717, 1.165) is 0 Å². The number of ether oxygens (including phenoxy) is 1. The van der Waals surface area contributed by atoms with Crippen LogP contribution in [0.5, 0.6) is 5.75 Å². The molecule has 0 radical (unpaired) electrons. The Balaban J connectivity index is 2.71. The van der Waals surface area contributed by atoms with Crippen LogP contribution < -0.4 is 10.1 Å². The van der Waals surface area contributed by atoms with Crippen LogP contribution >= 0.6 is 0 Å². The molecule has 0 saturated carbocycles. The van der Waals surface area contributed by atoms with E-state index in [-0.39, 0.29) is 18.9 Å². The molecule has 0 bridgehead atoms. The minimum Gasteiger partial charge on any atom is -0.495 e. The quantitative estimate of drug-likeness (QED) is 0.802. The molecule has 1 amide bonds. The van der Waals surface area contributed by atoms with Gasteiger partial charge < -0.3 is 15.2 Å². The first-order chi connectivity index (χ1) is 7.67. The minimum absolute atomic E-state index is 0.0479. The lowest BCUT2D eigenvalue weighted by Gasteiger charge is -2.09. The summed E-state index contributed by atoms with van der Waals surface area (Å²) in [6, 6.07) is 3.88. The van der Waals surface area contributed by atoms with Crippen molar-refractivity contribution in [3.63, 3.8) is 0 Å². The average molecular weight is 227 g/mol. The maximum Gasteiger partial charge on any atom is 0.224 e. The Kier molecular flexibility index (Phi) is 4.72. The lowest BCUT2D eigenvalue weighted by molar-refractivity contribution is -0.116. The maximum absolute atomic E-state index is 12.9. The van der Waals surface area contributed by atoms with Crippen LogP contribution in [0, 0.1) is 5.82 Å². The normalized spacial score (nSPS) is 9.94. The van der Waals surface area contributed by atoms with Gasteiger partial charge >= 0.3 is 0 Å². The fraction of sp³-hybridized carbons (Fsp3) is 0.364. The second kappa shape index (κ2) is 6.07. The molecule has 1 rings (SSSR count). The number of aliphatic hydroxyl groups excluding tert-OH is 1. The van der Waals surface area contributed by atoms with Crippen LogP contribution in [-0.2, 0) is 4.79 Å². The molecule has 0 aliphatic carbocycles. The molecule has 0 atom stereocenters. The number of hydrogen-bond acceptors (Lipinski definition) is 3. The zero-order chi connectivity index (χ0) is 12.0. The Morgan fingerprint density at radius 2 is 2.31 bits per heavy atom. The van der Waals surface area contributed by atoms with Crippen molar-refractivity contribution >= 4 is 11.6 Å². The van der Waals surface area contributed by atoms with Crippen molar-refractivity contribution in [1.29, 1.82) is 0 Å². The Morgan fingerprint density at radius 1 is 1.56 bits per heavy atom. The van der Waals surface area contributed by atoms with E-state index in [0.29, 0.717) is 17.9 Å². The van der Waals surface area contributed by atoms with Gasteiger partial charge in [0.25, 0.3) is 0 Å². The molecule has 2 N–H and O–H groups in total. The number of nitrogens with one attached hydrogen (secondary N) is 1. The van der Waals surface area contributed by atoms with Crippen molar-refractivity contribution in [2.45, 2.75) is 12.8 Å². The fourth-order valence-electron chi connectivity index (χ4n) is 1.23. The van der Waals surface area contributed by atoms with Crippen molar-refractivity contribution in [2.75, 3.05) is 19.0 Å².